The predicted octanol–water partition coefficient (Wildman–Crippen LogP) is 1.36. The Bertz CT molecular complexity index is 1060. The van der Waals surface area contributed by atoms with Crippen LogP contribution < -0.4 is 4.74 Å². The maximum Gasteiger partial charge on any atom is 0.258 e. The van der Waals surface area contributed by atoms with Gasteiger partial charge in [0.15, 0.2) is 5.82 Å². The van der Waals surface area contributed by atoms with Crippen LogP contribution in [0.4, 0.5) is 0 Å². The molecule has 0 aromatic carbocycles. The molecule has 0 bridgehead atoms. The van der Waals surface area contributed by atoms with Gasteiger partial charge in [-0.25, -0.2) is 0 Å². The lowest BCUT2D eigenvalue weighted by atomic mass is 9.98. The summed E-state index contributed by atoms with van der Waals surface area (Å²) < 4.78 is 5.21. The molecule has 11 nitrogen and oxygen atoms in total. The Morgan fingerprint density at radius 3 is 2.58 bits per heavy atom. The van der Waals surface area contributed by atoms with Gasteiger partial charge in [0.2, 0.25) is 5.88 Å². The zero-order valence-corrected chi connectivity index (χ0v) is 18.0. The van der Waals surface area contributed by atoms with Crippen LogP contribution in [0.3, 0.4) is 0 Å². The van der Waals surface area contributed by atoms with Gasteiger partial charge in [0.05, 0.1) is 37.3 Å². The van der Waals surface area contributed by atoms with Crippen molar-refractivity contribution in [2.75, 3.05) is 13.7 Å². The van der Waals surface area contributed by atoms with E-state index < -0.39 is 5.60 Å². The molecule has 1 aliphatic heterocycles. The molecule has 4 heterocycles. The first-order valence-electron chi connectivity index (χ1n) is 10.2. The van der Waals surface area contributed by atoms with Crippen LogP contribution in [-0.2, 0) is 5.60 Å². The zero-order chi connectivity index (χ0) is 22.2. The molecule has 11 heteroatoms. The maximum atomic E-state index is 13.6. The van der Waals surface area contributed by atoms with Crippen molar-refractivity contribution < 1.29 is 14.6 Å². The molecule has 2 atom stereocenters. The Hall–Kier alpha value is -3.34. The SMILES string of the molecule is COc1ccc(C(=O)N2C[C@H](n3ncc(C(C)(C)O)n3)CC[C@H]2C)c(-n2nccn2)n1. The molecular formula is C20H26N8O3. The number of aliphatic hydroxyl groups is 1. The Kier molecular flexibility index (Phi) is 5.44. The number of ether oxygens (including phenoxy) is 1. The van der Waals surface area contributed by atoms with Crippen molar-refractivity contribution in [3.63, 3.8) is 0 Å². The lowest BCUT2D eigenvalue weighted by molar-refractivity contribution is 0.0532. The number of likely N-dealkylation sites (tertiary alicyclic amines) is 1. The van der Waals surface area contributed by atoms with Crippen molar-refractivity contribution >= 4 is 5.91 Å². The third-order valence-electron chi connectivity index (χ3n) is 5.48. The molecule has 1 saturated heterocycles. The summed E-state index contributed by atoms with van der Waals surface area (Å²) in [6.45, 7) is 5.80. The molecule has 3 aromatic heterocycles. The van der Waals surface area contributed by atoms with Gasteiger partial charge >= 0.3 is 0 Å². The Morgan fingerprint density at radius 2 is 1.94 bits per heavy atom. The number of pyridine rings is 1. The van der Waals surface area contributed by atoms with Crippen LogP contribution in [0.2, 0.25) is 0 Å². The topological polar surface area (TPSA) is 124 Å². The molecule has 0 aliphatic carbocycles. The van der Waals surface area contributed by atoms with E-state index >= 15 is 0 Å². The molecule has 31 heavy (non-hydrogen) atoms. The first-order chi connectivity index (χ1) is 14.8. The second-order valence-corrected chi connectivity index (χ2v) is 8.19. The van der Waals surface area contributed by atoms with Gasteiger partial charge in [-0.15, -0.1) is 4.80 Å². The molecule has 0 radical (unpaired) electrons. The third-order valence-corrected chi connectivity index (χ3v) is 5.48. The van der Waals surface area contributed by atoms with Crippen LogP contribution in [-0.4, -0.2) is 70.6 Å². The van der Waals surface area contributed by atoms with Gasteiger partial charge in [0.25, 0.3) is 5.91 Å². The van der Waals surface area contributed by atoms with Crippen molar-refractivity contribution in [1.29, 1.82) is 0 Å². The van der Waals surface area contributed by atoms with Crippen LogP contribution in [0.1, 0.15) is 55.7 Å². The molecule has 1 N–H and O–H groups in total. The highest BCUT2D eigenvalue weighted by Crippen LogP contribution is 2.28. The van der Waals surface area contributed by atoms with Gasteiger partial charge in [-0.1, -0.05) is 0 Å². The van der Waals surface area contributed by atoms with Gasteiger partial charge in [-0.3, -0.25) is 4.79 Å². The number of rotatable bonds is 5. The lowest BCUT2D eigenvalue weighted by Crippen LogP contribution is -2.46. The number of methoxy groups -OCH3 is 1. The summed E-state index contributed by atoms with van der Waals surface area (Å²) in [6, 6.07) is 3.28. The van der Waals surface area contributed by atoms with E-state index in [0.717, 1.165) is 12.8 Å². The first kappa shape index (κ1) is 20.9. The van der Waals surface area contributed by atoms with Crippen LogP contribution in [0.15, 0.2) is 30.7 Å². The zero-order valence-electron chi connectivity index (χ0n) is 18.0. The van der Waals surface area contributed by atoms with E-state index in [9.17, 15) is 9.90 Å². The largest absolute Gasteiger partial charge is 0.481 e. The minimum Gasteiger partial charge on any atom is -0.481 e. The fraction of sp³-hybridized carbons (Fsp3) is 0.500. The average molecular weight is 426 g/mol. The smallest absolute Gasteiger partial charge is 0.258 e. The molecular weight excluding hydrogens is 400 g/mol. The van der Waals surface area contributed by atoms with E-state index in [-0.39, 0.29) is 18.0 Å². The van der Waals surface area contributed by atoms with Crippen molar-refractivity contribution in [2.24, 2.45) is 0 Å². The first-order valence-corrected chi connectivity index (χ1v) is 10.2. The number of hydrogen-bond acceptors (Lipinski definition) is 8. The summed E-state index contributed by atoms with van der Waals surface area (Å²) in [5.74, 6) is 0.507. The van der Waals surface area contributed by atoms with Gasteiger partial charge in [-0.2, -0.15) is 30.2 Å². The molecule has 1 fully saturated rings. The van der Waals surface area contributed by atoms with Crippen molar-refractivity contribution in [3.05, 3.63) is 42.0 Å². The highest BCUT2D eigenvalue weighted by Gasteiger charge is 2.34. The number of amides is 1. The monoisotopic (exact) mass is 426 g/mol. The standard InChI is InChI=1S/C20H26N8O3/c1-13-5-6-14(27-23-11-16(25-27)20(2,3)30)12-26(13)19(29)15-7-8-17(31-4)24-18(15)28-21-9-10-22-28/h7-11,13-14,30H,5-6,12H2,1-4H3/t13-,14-/m1/s1. The van der Waals surface area contributed by atoms with E-state index in [4.69, 9.17) is 4.74 Å². The van der Waals surface area contributed by atoms with Crippen LogP contribution in [0.5, 0.6) is 5.88 Å². The quantitative estimate of drug-likeness (QED) is 0.648. The Balaban J connectivity index is 1.63. The molecule has 1 amide bonds. The molecule has 0 unspecified atom stereocenters. The van der Waals surface area contributed by atoms with E-state index in [2.05, 4.69) is 25.4 Å². The van der Waals surface area contributed by atoms with Gasteiger partial charge in [0, 0.05) is 18.7 Å². The van der Waals surface area contributed by atoms with Crippen molar-refractivity contribution in [3.8, 4) is 11.7 Å². The molecule has 3 aromatic rings. The number of carbonyl (C=O) groups excluding carboxylic acids is 1. The summed E-state index contributed by atoms with van der Waals surface area (Å²) in [4.78, 5) is 22.7. The second kappa shape index (κ2) is 8.06. The summed E-state index contributed by atoms with van der Waals surface area (Å²) in [5.41, 5.74) is -0.193. The summed E-state index contributed by atoms with van der Waals surface area (Å²) in [7, 11) is 1.51. The highest BCUT2D eigenvalue weighted by atomic mass is 16.5. The molecule has 4 rings (SSSR count). The van der Waals surface area contributed by atoms with Crippen LogP contribution >= 0.6 is 0 Å². The fourth-order valence-corrected chi connectivity index (χ4v) is 3.64. The number of aromatic nitrogens is 7. The molecule has 0 saturated carbocycles. The lowest BCUT2D eigenvalue weighted by Gasteiger charge is -2.37. The van der Waals surface area contributed by atoms with Gasteiger partial charge in [0.1, 0.15) is 11.3 Å². The molecule has 164 valence electrons. The second-order valence-electron chi connectivity index (χ2n) is 8.19. The Labute approximate surface area is 179 Å². The predicted molar refractivity (Wildman–Crippen MR) is 110 cm³/mol. The number of nitrogens with zero attached hydrogens (tertiary/aromatic N) is 8. The van der Waals surface area contributed by atoms with Crippen molar-refractivity contribution in [1.82, 2.24) is 39.9 Å². The maximum absolute atomic E-state index is 13.6. The van der Waals surface area contributed by atoms with Crippen LogP contribution in [0.25, 0.3) is 5.82 Å². The van der Waals surface area contributed by atoms with Crippen molar-refractivity contribution in [2.45, 2.75) is 51.3 Å². The van der Waals surface area contributed by atoms with E-state index in [1.54, 1.807) is 41.9 Å². The minimum absolute atomic E-state index is 0.0357. The summed E-state index contributed by atoms with van der Waals surface area (Å²) in [5, 5.41) is 27.2. The minimum atomic E-state index is -1.07. The van der Waals surface area contributed by atoms with E-state index in [1.807, 2.05) is 6.92 Å². The van der Waals surface area contributed by atoms with Gasteiger partial charge in [-0.05, 0) is 39.7 Å². The number of piperidine rings is 1. The normalized spacial score (nSPS) is 19.5. The number of hydrogen-bond donors (Lipinski definition) is 1. The summed E-state index contributed by atoms with van der Waals surface area (Å²) >= 11 is 0. The molecule has 0 spiro atoms. The molecule has 1 aliphatic rings. The average Bonchev–Trinajstić information content (AvgIpc) is 3.45. The number of carbonyl (C=O) groups is 1. The Morgan fingerprint density at radius 1 is 1.19 bits per heavy atom. The van der Waals surface area contributed by atoms with Crippen LogP contribution in [0, 0.1) is 0 Å². The summed E-state index contributed by atoms with van der Waals surface area (Å²) in [6.07, 6.45) is 6.25. The van der Waals surface area contributed by atoms with Gasteiger partial charge < -0.3 is 14.7 Å². The highest BCUT2D eigenvalue weighted by molar-refractivity contribution is 5.97. The van der Waals surface area contributed by atoms with E-state index in [0.29, 0.717) is 29.5 Å². The third kappa shape index (κ3) is 4.13. The van der Waals surface area contributed by atoms with E-state index in [1.165, 1.54) is 24.3 Å². The fourth-order valence-electron chi connectivity index (χ4n) is 3.64.